The molecule has 2 unspecified atom stereocenters. The van der Waals surface area contributed by atoms with Crippen LogP contribution in [-0.2, 0) is 11.3 Å². The second-order valence-electron chi connectivity index (χ2n) is 6.94. The summed E-state index contributed by atoms with van der Waals surface area (Å²) in [5, 5.41) is 13.1. The van der Waals surface area contributed by atoms with Gasteiger partial charge in [-0.15, -0.1) is 0 Å². The van der Waals surface area contributed by atoms with Crippen LogP contribution < -0.4 is 5.32 Å². The van der Waals surface area contributed by atoms with Crippen LogP contribution in [0.4, 0.5) is 0 Å². The molecule has 0 bridgehead atoms. The Labute approximate surface area is 139 Å². The zero-order valence-electron chi connectivity index (χ0n) is 14.6. The van der Waals surface area contributed by atoms with Crippen molar-refractivity contribution in [1.29, 1.82) is 0 Å². The van der Waals surface area contributed by atoms with Gasteiger partial charge >= 0.3 is 5.97 Å². The van der Waals surface area contributed by atoms with Crippen LogP contribution in [0.2, 0.25) is 0 Å². The van der Waals surface area contributed by atoms with Crippen molar-refractivity contribution in [3.8, 4) is 0 Å². The molecule has 1 aliphatic heterocycles. The molecule has 0 aromatic heterocycles. The Balaban J connectivity index is 1.90. The van der Waals surface area contributed by atoms with Gasteiger partial charge in [0.15, 0.2) is 0 Å². The first kappa shape index (κ1) is 18.0. The molecule has 2 atom stereocenters. The second-order valence-corrected chi connectivity index (χ2v) is 6.94. The standard InChI is InChI=1S/C19H30N2O2/c1-4-19(5-2,18(22)23)14-20-17-13-21(11-15(17)3)12-16-9-7-6-8-10-16/h6-10,15,17,20H,4-5,11-14H2,1-3H3,(H,22,23). The van der Waals surface area contributed by atoms with Crippen molar-refractivity contribution in [1.82, 2.24) is 10.2 Å². The molecule has 2 rings (SSSR count). The molecule has 1 saturated heterocycles. The maximum absolute atomic E-state index is 11.6. The predicted octanol–water partition coefficient (Wildman–Crippen LogP) is 2.99. The first-order chi connectivity index (χ1) is 11.0. The van der Waals surface area contributed by atoms with Gasteiger partial charge in [-0.2, -0.15) is 0 Å². The Bertz CT molecular complexity index is 499. The van der Waals surface area contributed by atoms with Crippen LogP contribution in [0.5, 0.6) is 0 Å². The van der Waals surface area contributed by atoms with Crippen molar-refractivity contribution in [2.45, 2.75) is 46.2 Å². The van der Waals surface area contributed by atoms with E-state index in [9.17, 15) is 9.90 Å². The summed E-state index contributed by atoms with van der Waals surface area (Å²) in [7, 11) is 0. The quantitative estimate of drug-likeness (QED) is 0.774. The van der Waals surface area contributed by atoms with Crippen molar-refractivity contribution in [2.24, 2.45) is 11.3 Å². The summed E-state index contributed by atoms with van der Waals surface area (Å²) in [6, 6.07) is 10.9. The highest BCUT2D eigenvalue weighted by atomic mass is 16.4. The fraction of sp³-hybridized carbons (Fsp3) is 0.632. The van der Waals surface area contributed by atoms with Gasteiger partial charge in [0.25, 0.3) is 0 Å². The number of carboxylic acid groups (broad SMARTS) is 1. The number of nitrogens with one attached hydrogen (secondary N) is 1. The number of carboxylic acids is 1. The lowest BCUT2D eigenvalue weighted by Gasteiger charge is -2.29. The summed E-state index contributed by atoms with van der Waals surface area (Å²) < 4.78 is 0. The van der Waals surface area contributed by atoms with Crippen LogP contribution in [0.15, 0.2) is 30.3 Å². The van der Waals surface area contributed by atoms with E-state index in [1.165, 1.54) is 5.56 Å². The van der Waals surface area contributed by atoms with Gasteiger partial charge in [-0.3, -0.25) is 9.69 Å². The van der Waals surface area contributed by atoms with Gasteiger partial charge in [0.2, 0.25) is 0 Å². The number of carbonyl (C=O) groups is 1. The van der Waals surface area contributed by atoms with Crippen molar-refractivity contribution < 1.29 is 9.90 Å². The molecule has 1 fully saturated rings. The predicted molar refractivity (Wildman–Crippen MR) is 93.3 cm³/mol. The molecule has 2 N–H and O–H groups in total. The summed E-state index contributed by atoms with van der Waals surface area (Å²) in [5.74, 6) is -0.138. The van der Waals surface area contributed by atoms with Gasteiger partial charge in [-0.05, 0) is 24.3 Å². The van der Waals surface area contributed by atoms with Gasteiger partial charge in [-0.1, -0.05) is 51.1 Å². The third kappa shape index (κ3) is 4.33. The zero-order chi connectivity index (χ0) is 16.9. The van der Waals surface area contributed by atoms with E-state index in [0.717, 1.165) is 19.6 Å². The van der Waals surface area contributed by atoms with E-state index in [0.29, 0.717) is 31.3 Å². The monoisotopic (exact) mass is 318 g/mol. The minimum Gasteiger partial charge on any atom is -0.481 e. The van der Waals surface area contributed by atoms with E-state index in [-0.39, 0.29) is 0 Å². The van der Waals surface area contributed by atoms with Gasteiger partial charge in [0.1, 0.15) is 0 Å². The van der Waals surface area contributed by atoms with E-state index >= 15 is 0 Å². The lowest BCUT2D eigenvalue weighted by Crippen LogP contribution is -2.46. The summed E-state index contributed by atoms with van der Waals surface area (Å²) >= 11 is 0. The van der Waals surface area contributed by atoms with Crippen LogP contribution >= 0.6 is 0 Å². The zero-order valence-corrected chi connectivity index (χ0v) is 14.6. The molecule has 0 aliphatic carbocycles. The van der Waals surface area contributed by atoms with E-state index in [4.69, 9.17) is 0 Å². The highest BCUT2D eigenvalue weighted by molar-refractivity contribution is 5.74. The smallest absolute Gasteiger partial charge is 0.310 e. The Morgan fingerprint density at radius 3 is 2.48 bits per heavy atom. The average molecular weight is 318 g/mol. The number of hydrogen-bond donors (Lipinski definition) is 2. The Hall–Kier alpha value is -1.39. The Kier molecular flexibility index (Phi) is 6.19. The number of likely N-dealkylation sites (tertiary alicyclic amines) is 1. The molecule has 1 aromatic carbocycles. The Morgan fingerprint density at radius 2 is 1.91 bits per heavy atom. The molecule has 1 aliphatic rings. The molecule has 4 heteroatoms. The fourth-order valence-electron chi connectivity index (χ4n) is 3.51. The SMILES string of the molecule is CCC(CC)(CNC1CN(Cc2ccccc2)CC1C)C(=O)O. The number of rotatable bonds is 8. The molecule has 1 aromatic rings. The molecular weight excluding hydrogens is 288 g/mol. The van der Waals surface area contributed by atoms with Gasteiger partial charge < -0.3 is 10.4 Å². The lowest BCUT2D eigenvalue weighted by atomic mass is 9.82. The van der Waals surface area contributed by atoms with Crippen LogP contribution in [0.25, 0.3) is 0 Å². The number of benzene rings is 1. The number of aliphatic carboxylic acids is 1. The second kappa shape index (κ2) is 7.93. The summed E-state index contributed by atoms with van der Waals surface area (Å²) in [5.41, 5.74) is 0.703. The molecule has 0 radical (unpaired) electrons. The maximum atomic E-state index is 11.6. The summed E-state index contributed by atoms with van der Waals surface area (Å²) in [6.07, 6.45) is 1.33. The van der Waals surface area contributed by atoms with E-state index in [1.54, 1.807) is 0 Å². The van der Waals surface area contributed by atoms with Crippen molar-refractivity contribution >= 4 is 5.97 Å². The van der Waals surface area contributed by atoms with Crippen LogP contribution in [0.1, 0.15) is 39.2 Å². The topological polar surface area (TPSA) is 52.6 Å². The van der Waals surface area contributed by atoms with Crippen molar-refractivity contribution in [3.05, 3.63) is 35.9 Å². The Morgan fingerprint density at radius 1 is 1.26 bits per heavy atom. The number of hydrogen-bond acceptors (Lipinski definition) is 3. The molecule has 0 amide bonds. The van der Waals surface area contributed by atoms with Crippen LogP contribution in [0.3, 0.4) is 0 Å². The summed E-state index contributed by atoms with van der Waals surface area (Å²) in [4.78, 5) is 14.1. The molecule has 128 valence electrons. The third-order valence-corrected chi connectivity index (χ3v) is 5.45. The van der Waals surface area contributed by atoms with Crippen molar-refractivity contribution in [3.63, 3.8) is 0 Å². The highest BCUT2D eigenvalue weighted by Crippen LogP contribution is 2.27. The van der Waals surface area contributed by atoms with E-state index in [1.807, 2.05) is 19.9 Å². The molecule has 4 nitrogen and oxygen atoms in total. The summed E-state index contributed by atoms with van der Waals surface area (Å²) in [6.45, 7) is 9.77. The number of nitrogens with zero attached hydrogens (tertiary/aromatic N) is 1. The molecule has 0 saturated carbocycles. The molecule has 23 heavy (non-hydrogen) atoms. The van der Waals surface area contributed by atoms with Gasteiger partial charge in [-0.25, -0.2) is 0 Å². The average Bonchev–Trinajstić information content (AvgIpc) is 2.89. The van der Waals surface area contributed by atoms with Crippen LogP contribution in [0, 0.1) is 11.3 Å². The molecule has 0 spiro atoms. The maximum Gasteiger partial charge on any atom is 0.310 e. The first-order valence-corrected chi connectivity index (χ1v) is 8.73. The lowest BCUT2D eigenvalue weighted by molar-refractivity contribution is -0.149. The minimum atomic E-state index is -0.679. The van der Waals surface area contributed by atoms with Crippen LogP contribution in [-0.4, -0.2) is 41.7 Å². The van der Waals surface area contributed by atoms with E-state index < -0.39 is 11.4 Å². The van der Waals surface area contributed by atoms with E-state index in [2.05, 4.69) is 41.4 Å². The minimum absolute atomic E-state index is 0.371. The third-order valence-electron chi connectivity index (χ3n) is 5.45. The molecular formula is C19H30N2O2. The first-order valence-electron chi connectivity index (χ1n) is 8.73. The normalized spacial score (nSPS) is 22.4. The van der Waals surface area contributed by atoms with Gasteiger partial charge in [0, 0.05) is 32.2 Å². The largest absolute Gasteiger partial charge is 0.481 e. The molecule has 1 heterocycles. The van der Waals surface area contributed by atoms with Gasteiger partial charge in [0.05, 0.1) is 5.41 Å². The highest BCUT2D eigenvalue weighted by Gasteiger charge is 2.37. The fourth-order valence-corrected chi connectivity index (χ4v) is 3.51. The van der Waals surface area contributed by atoms with Crippen molar-refractivity contribution in [2.75, 3.05) is 19.6 Å².